The molecule has 0 heterocycles. The molecule has 0 aliphatic carbocycles. The van der Waals surface area contributed by atoms with Crippen LogP contribution in [0.15, 0.2) is 70.5 Å². The minimum atomic E-state index is -4.02. The van der Waals surface area contributed by atoms with Crippen LogP contribution in [0.2, 0.25) is 0 Å². The van der Waals surface area contributed by atoms with Gasteiger partial charge in [-0.1, -0.05) is 50.2 Å². The molecule has 0 bridgehead atoms. The van der Waals surface area contributed by atoms with Crippen molar-refractivity contribution in [2.24, 2.45) is 0 Å². The average molecular weight is 399 g/mol. The van der Waals surface area contributed by atoms with Crippen LogP contribution in [0, 0.1) is 0 Å². The van der Waals surface area contributed by atoms with Crippen molar-refractivity contribution < 1.29 is 25.2 Å². The van der Waals surface area contributed by atoms with Gasteiger partial charge in [0.05, 0.1) is 9.79 Å². The molecular formula is C18H22O6S2. The normalized spacial score (nSPS) is 14.7. The van der Waals surface area contributed by atoms with Crippen molar-refractivity contribution in [1.29, 1.82) is 0 Å². The van der Waals surface area contributed by atoms with E-state index >= 15 is 0 Å². The molecule has 0 fully saturated rings. The average Bonchev–Trinajstić information content (AvgIpc) is 2.66. The summed E-state index contributed by atoms with van der Waals surface area (Å²) in [6.45, 7) is 3.43. The number of benzene rings is 2. The van der Waals surface area contributed by atoms with Crippen LogP contribution in [0.4, 0.5) is 0 Å². The van der Waals surface area contributed by atoms with Gasteiger partial charge in [0.25, 0.3) is 20.2 Å². The molecule has 2 aromatic carbocycles. The molecule has 2 aromatic rings. The molecule has 0 aliphatic heterocycles. The summed E-state index contributed by atoms with van der Waals surface area (Å²) < 4.78 is 60.3. The molecule has 8 heteroatoms. The lowest BCUT2D eigenvalue weighted by atomic mass is 10.1. The second kappa shape index (κ2) is 8.77. The van der Waals surface area contributed by atoms with Crippen molar-refractivity contribution in [2.45, 2.75) is 48.7 Å². The highest BCUT2D eigenvalue weighted by Crippen LogP contribution is 2.23. The van der Waals surface area contributed by atoms with Gasteiger partial charge in [-0.2, -0.15) is 16.8 Å². The molecular weight excluding hydrogens is 376 g/mol. The van der Waals surface area contributed by atoms with E-state index in [0.717, 1.165) is 0 Å². The lowest BCUT2D eigenvalue weighted by molar-refractivity contribution is 0.0577. The van der Waals surface area contributed by atoms with Crippen molar-refractivity contribution in [3.63, 3.8) is 0 Å². The minimum Gasteiger partial charge on any atom is -0.260 e. The van der Waals surface area contributed by atoms with Gasteiger partial charge in [0, 0.05) is 0 Å². The Balaban J connectivity index is 2.21. The van der Waals surface area contributed by atoms with Gasteiger partial charge in [-0.15, -0.1) is 0 Å². The minimum absolute atomic E-state index is 0.0132. The molecule has 0 aliphatic rings. The van der Waals surface area contributed by atoms with E-state index in [0.29, 0.717) is 0 Å². The zero-order chi connectivity index (χ0) is 19.2. The Morgan fingerprint density at radius 1 is 0.654 bits per heavy atom. The summed E-state index contributed by atoms with van der Waals surface area (Å²) in [5, 5.41) is 0. The third-order valence-electron chi connectivity index (χ3n) is 3.78. The Bertz CT molecular complexity index is 816. The van der Waals surface area contributed by atoms with E-state index in [1.165, 1.54) is 24.3 Å². The maximum atomic E-state index is 12.4. The van der Waals surface area contributed by atoms with E-state index in [4.69, 9.17) is 8.37 Å². The van der Waals surface area contributed by atoms with Crippen molar-refractivity contribution in [3.8, 4) is 0 Å². The fourth-order valence-corrected chi connectivity index (χ4v) is 4.77. The van der Waals surface area contributed by atoms with Crippen LogP contribution in [0.1, 0.15) is 26.7 Å². The Hall–Kier alpha value is -1.74. The Morgan fingerprint density at radius 2 is 0.962 bits per heavy atom. The summed E-state index contributed by atoms with van der Waals surface area (Å²) in [6, 6.07) is 15.4. The lowest BCUT2D eigenvalue weighted by Crippen LogP contribution is -2.34. The highest BCUT2D eigenvalue weighted by molar-refractivity contribution is 7.87. The zero-order valence-electron chi connectivity index (χ0n) is 14.6. The summed E-state index contributed by atoms with van der Waals surface area (Å²) in [4.78, 5) is 0.0263. The maximum absolute atomic E-state index is 12.4. The van der Waals surface area contributed by atoms with Gasteiger partial charge in [0.15, 0.2) is 0 Å². The number of rotatable bonds is 9. The third kappa shape index (κ3) is 5.14. The molecule has 26 heavy (non-hydrogen) atoms. The first-order chi connectivity index (χ1) is 12.3. The fraction of sp³-hybridized carbons (Fsp3) is 0.333. The van der Waals surface area contributed by atoms with Crippen LogP contribution < -0.4 is 0 Å². The first kappa shape index (κ1) is 20.6. The Kier molecular flexibility index (Phi) is 6.94. The smallest absolute Gasteiger partial charge is 0.260 e. The van der Waals surface area contributed by atoms with Crippen molar-refractivity contribution in [3.05, 3.63) is 60.7 Å². The highest BCUT2D eigenvalue weighted by Gasteiger charge is 2.31. The van der Waals surface area contributed by atoms with Crippen molar-refractivity contribution in [2.75, 3.05) is 0 Å². The summed E-state index contributed by atoms with van der Waals surface area (Å²) in [7, 11) is -8.04. The number of hydrogen-bond donors (Lipinski definition) is 0. The summed E-state index contributed by atoms with van der Waals surface area (Å²) >= 11 is 0. The van der Waals surface area contributed by atoms with Gasteiger partial charge in [-0.25, -0.2) is 0 Å². The summed E-state index contributed by atoms with van der Waals surface area (Å²) in [5.41, 5.74) is 0. The van der Waals surface area contributed by atoms with Crippen molar-refractivity contribution >= 4 is 20.2 Å². The van der Waals surface area contributed by atoms with Crippen LogP contribution >= 0.6 is 0 Å². The van der Waals surface area contributed by atoms with Gasteiger partial charge < -0.3 is 0 Å². The molecule has 2 rings (SSSR count). The Labute approximate surface area is 155 Å². The van der Waals surface area contributed by atoms with E-state index in [2.05, 4.69) is 0 Å². The standard InChI is InChI=1S/C18H22O6S2/c1-3-17(23-25(19,20)15-11-7-5-8-12-15)18(4-2)24-26(21,22)16-13-9-6-10-14-16/h5-14,17-18H,3-4H2,1-2H3. The second-order valence-electron chi connectivity index (χ2n) is 5.62. The quantitative estimate of drug-likeness (QED) is 0.602. The Morgan fingerprint density at radius 3 is 1.23 bits per heavy atom. The van der Waals surface area contributed by atoms with Crippen LogP contribution in [0.25, 0.3) is 0 Å². The fourth-order valence-electron chi connectivity index (χ4n) is 2.40. The highest BCUT2D eigenvalue weighted by atomic mass is 32.2. The van der Waals surface area contributed by atoms with Gasteiger partial charge in [-0.05, 0) is 37.1 Å². The molecule has 0 N–H and O–H groups in total. The van der Waals surface area contributed by atoms with E-state index < -0.39 is 32.4 Å². The maximum Gasteiger partial charge on any atom is 0.297 e. The topological polar surface area (TPSA) is 86.7 Å². The van der Waals surface area contributed by atoms with E-state index in [1.54, 1.807) is 50.2 Å². The van der Waals surface area contributed by atoms with Crippen LogP contribution in [-0.2, 0) is 28.6 Å². The molecule has 142 valence electrons. The van der Waals surface area contributed by atoms with Crippen LogP contribution in [-0.4, -0.2) is 29.0 Å². The summed E-state index contributed by atoms with van der Waals surface area (Å²) in [5.74, 6) is 0. The van der Waals surface area contributed by atoms with E-state index in [9.17, 15) is 16.8 Å². The number of hydrogen-bond acceptors (Lipinski definition) is 6. The molecule has 6 nitrogen and oxygen atoms in total. The first-order valence-corrected chi connectivity index (χ1v) is 11.1. The first-order valence-electron chi connectivity index (χ1n) is 8.27. The SMILES string of the molecule is CCC(OS(=O)(=O)c1ccccc1)C(CC)OS(=O)(=O)c1ccccc1. The molecule has 2 atom stereocenters. The largest absolute Gasteiger partial charge is 0.297 e. The molecule has 2 unspecified atom stereocenters. The third-order valence-corrected chi connectivity index (χ3v) is 6.48. The van der Waals surface area contributed by atoms with Crippen LogP contribution in [0.3, 0.4) is 0 Å². The van der Waals surface area contributed by atoms with Crippen molar-refractivity contribution in [1.82, 2.24) is 0 Å². The van der Waals surface area contributed by atoms with E-state index in [-0.39, 0.29) is 22.6 Å². The lowest BCUT2D eigenvalue weighted by Gasteiger charge is -2.24. The molecule has 0 saturated carbocycles. The molecule has 0 aromatic heterocycles. The van der Waals surface area contributed by atoms with E-state index in [1.807, 2.05) is 0 Å². The summed E-state index contributed by atoms with van der Waals surface area (Å²) in [6.07, 6.45) is -1.31. The molecule has 0 amide bonds. The van der Waals surface area contributed by atoms with Crippen LogP contribution in [0.5, 0.6) is 0 Å². The molecule has 0 saturated heterocycles. The van der Waals surface area contributed by atoms with Gasteiger partial charge in [0.1, 0.15) is 12.2 Å². The van der Waals surface area contributed by atoms with Gasteiger partial charge in [-0.3, -0.25) is 8.37 Å². The predicted octanol–water partition coefficient (Wildman–Crippen LogP) is 3.35. The van der Waals surface area contributed by atoms with Gasteiger partial charge >= 0.3 is 0 Å². The second-order valence-corrected chi connectivity index (χ2v) is 8.76. The predicted molar refractivity (Wildman–Crippen MR) is 97.6 cm³/mol. The molecule has 0 spiro atoms. The van der Waals surface area contributed by atoms with Gasteiger partial charge in [0.2, 0.25) is 0 Å². The zero-order valence-corrected chi connectivity index (χ0v) is 16.2. The monoisotopic (exact) mass is 398 g/mol. The molecule has 0 radical (unpaired) electrons.